The second kappa shape index (κ2) is 16.1. The van der Waals surface area contributed by atoms with Gasteiger partial charge in [-0.15, -0.1) is 6.58 Å². The number of ether oxygens (including phenoxy) is 3. The molecule has 14 nitrogen and oxygen atoms in total. The molecule has 6 rings (SSSR count). The quantitative estimate of drug-likeness (QED) is 0.162. The third-order valence-corrected chi connectivity index (χ3v) is 13.5. The molecule has 0 spiro atoms. The first kappa shape index (κ1) is 43.4. The highest BCUT2D eigenvalue weighted by molar-refractivity contribution is 7.91. The summed E-state index contributed by atoms with van der Waals surface area (Å²) in [7, 11) is -2.47. The lowest BCUT2D eigenvalue weighted by molar-refractivity contribution is -0.143. The molecule has 2 heterocycles. The van der Waals surface area contributed by atoms with E-state index >= 15 is 0 Å². The zero-order chi connectivity index (χ0) is 43.1. The average molecular weight is 832 g/mol. The highest BCUT2D eigenvalue weighted by atomic mass is 32.2. The van der Waals surface area contributed by atoms with Crippen molar-refractivity contribution in [1.82, 2.24) is 25.2 Å². The van der Waals surface area contributed by atoms with Crippen molar-refractivity contribution in [3.05, 3.63) is 67.3 Å². The average Bonchev–Trinajstić information content (AvgIpc) is 4.07. The van der Waals surface area contributed by atoms with Crippen LogP contribution in [0.15, 0.2) is 67.3 Å². The van der Waals surface area contributed by atoms with E-state index in [0.29, 0.717) is 53.8 Å². The fourth-order valence-electron chi connectivity index (χ4n) is 7.86. The van der Waals surface area contributed by atoms with Crippen LogP contribution in [-0.2, 0) is 29.1 Å². The molecule has 3 aromatic rings. The van der Waals surface area contributed by atoms with Gasteiger partial charge in [-0.25, -0.2) is 18.2 Å². The Bertz CT molecular complexity index is 2230. The Labute approximate surface area is 346 Å². The summed E-state index contributed by atoms with van der Waals surface area (Å²) in [6.45, 7) is 16.2. The van der Waals surface area contributed by atoms with E-state index in [1.165, 1.54) is 11.0 Å². The molecule has 5 atom stereocenters. The highest BCUT2D eigenvalue weighted by Crippen LogP contribution is 2.49. The van der Waals surface area contributed by atoms with E-state index in [1.54, 1.807) is 60.8 Å². The number of nitrogens with zero attached hydrogens (tertiary/aromatic N) is 2. The van der Waals surface area contributed by atoms with Crippen molar-refractivity contribution in [2.24, 2.45) is 11.3 Å². The molecule has 2 saturated carbocycles. The largest absolute Gasteiger partial charge is 0.497 e. The zero-order valence-corrected chi connectivity index (χ0v) is 36.0. The topological polar surface area (TPSA) is 182 Å². The monoisotopic (exact) mass is 831 g/mol. The van der Waals surface area contributed by atoms with Gasteiger partial charge in [0.15, 0.2) is 0 Å². The molecule has 1 saturated heterocycles. The number of benzene rings is 2. The van der Waals surface area contributed by atoms with Crippen LogP contribution in [0.4, 0.5) is 4.79 Å². The maximum atomic E-state index is 14.8. The number of amides is 4. The van der Waals surface area contributed by atoms with Gasteiger partial charge < -0.3 is 29.7 Å². The summed E-state index contributed by atoms with van der Waals surface area (Å²) in [6.07, 6.45) is 2.07. The zero-order valence-electron chi connectivity index (χ0n) is 35.2. The summed E-state index contributed by atoms with van der Waals surface area (Å²) >= 11 is 0. The van der Waals surface area contributed by atoms with E-state index in [-0.39, 0.29) is 19.4 Å². The van der Waals surface area contributed by atoms with Crippen LogP contribution in [0.5, 0.6) is 11.5 Å². The number of carbonyl (C=O) groups is 4. The number of alkyl carbamates (subject to hydrolysis) is 1. The summed E-state index contributed by atoms with van der Waals surface area (Å²) in [4.78, 5) is 62.6. The lowest BCUT2D eigenvalue weighted by atomic mass is 9.85. The fraction of sp³-hybridized carbons (Fsp3) is 0.523. The molecular weight excluding hydrogens is 775 g/mol. The van der Waals surface area contributed by atoms with E-state index in [4.69, 9.17) is 19.2 Å². The standard InChI is InChI=1S/C44H57N5O9S/c1-10-19-43(20-21-43)59(54,55)48-39(52)44(25-28(44)11-2)47-37(50)34-23-30(26-49(34)38(51)36(41(3,4)5)46-40(53)58-42(6,7)8)57-35-24-32(27-15-13-12-14-16-27)45-33-22-29(56-9)17-18-31(33)35/h11-18,22,24,28,30,34,36H,2,10,19-21,23,25-26H2,1,3-9H3,(H,46,53)(H,47,50)(H,48,52)/t28-,30-,34+,36-,44-/m1/s1. The summed E-state index contributed by atoms with van der Waals surface area (Å²) in [6, 6.07) is 14.5. The van der Waals surface area contributed by atoms with Gasteiger partial charge in [0.05, 0.1) is 29.6 Å². The van der Waals surface area contributed by atoms with Crippen LogP contribution < -0.4 is 24.8 Å². The molecule has 1 aromatic heterocycles. The van der Waals surface area contributed by atoms with Crippen molar-refractivity contribution in [2.45, 2.75) is 121 Å². The molecule has 318 valence electrons. The van der Waals surface area contributed by atoms with E-state index in [9.17, 15) is 27.6 Å². The van der Waals surface area contributed by atoms with Crippen molar-refractivity contribution in [2.75, 3.05) is 13.7 Å². The minimum atomic E-state index is -4.04. The number of carbonyl (C=O) groups excluding carboxylic acids is 4. The molecule has 59 heavy (non-hydrogen) atoms. The highest BCUT2D eigenvalue weighted by Gasteiger charge is 2.63. The van der Waals surface area contributed by atoms with Crippen molar-refractivity contribution in [3.63, 3.8) is 0 Å². The van der Waals surface area contributed by atoms with Crippen LogP contribution in [0.25, 0.3) is 22.2 Å². The Morgan fingerprint density at radius 1 is 1.03 bits per heavy atom. The molecular formula is C44H57N5O9S. The van der Waals surface area contributed by atoms with Crippen molar-refractivity contribution in [1.29, 1.82) is 0 Å². The van der Waals surface area contributed by atoms with Crippen LogP contribution in [0.1, 0.15) is 87.0 Å². The van der Waals surface area contributed by atoms with E-state index in [0.717, 1.165) is 5.56 Å². The summed E-state index contributed by atoms with van der Waals surface area (Å²) in [5.41, 5.74) is -1.19. The van der Waals surface area contributed by atoms with Gasteiger partial charge in [0.2, 0.25) is 21.8 Å². The first-order valence-corrected chi connectivity index (χ1v) is 21.7. The van der Waals surface area contributed by atoms with Crippen LogP contribution in [0.3, 0.4) is 0 Å². The molecule has 15 heteroatoms. The number of sulfonamides is 1. The van der Waals surface area contributed by atoms with Crippen LogP contribution in [-0.4, -0.2) is 89.8 Å². The van der Waals surface area contributed by atoms with Crippen molar-refractivity contribution in [3.8, 4) is 22.8 Å². The second-order valence-corrected chi connectivity index (χ2v) is 20.1. The fourth-order valence-corrected chi connectivity index (χ4v) is 9.61. The van der Waals surface area contributed by atoms with Crippen LogP contribution in [0.2, 0.25) is 0 Å². The first-order chi connectivity index (χ1) is 27.7. The smallest absolute Gasteiger partial charge is 0.408 e. The summed E-state index contributed by atoms with van der Waals surface area (Å²) < 4.78 is 46.0. The number of hydrogen-bond acceptors (Lipinski definition) is 10. The molecule has 0 unspecified atom stereocenters. The number of aromatic nitrogens is 1. The van der Waals surface area contributed by atoms with Gasteiger partial charge in [0.25, 0.3) is 5.91 Å². The Morgan fingerprint density at radius 2 is 1.73 bits per heavy atom. The summed E-state index contributed by atoms with van der Waals surface area (Å²) in [5.74, 6) is -1.55. The molecule has 4 amide bonds. The van der Waals surface area contributed by atoms with E-state index < -0.39 is 79.2 Å². The van der Waals surface area contributed by atoms with Gasteiger partial charge in [0.1, 0.15) is 40.8 Å². The summed E-state index contributed by atoms with van der Waals surface area (Å²) in [5, 5.41) is 6.27. The normalized spacial score (nSPS) is 22.8. The van der Waals surface area contributed by atoms with Gasteiger partial charge in [-0.2, -0.15) is 0 Å². The molecule has 3 aliphatic rings. The Kier molecular flexibility index (Phi) is 11.9. The molecule has 0 bridgehead atoms. The van der Waals surface area contributed by atoms with Gasteiger partial charge in [0, 0.05) is 35.4 Å². The van der Waals surface area contributed by atoms with Crippen LogP contribution in [0, 0.1) is 11.3 Å². The van der Waals surface area contributed by atoms with E-state index in [1.807, 2.05) is 49.4 Å². The van der Waals surface area contributed by atoms with Gasteiger partial charge >= 0.3 is 6.09 Å². The number of methoxy groups -OCH3 is 1. The van der Waals surface area contributed by atoms with Crippen molar-refractivity contribution >= 4 is 44.7 Å². The number of rotatable bonds is 14. The lowest BCUT2D eigenvalue weighted by Crippen LogP contribution is -2.60. The number of pyridine rings is 1. The lowest BCUT2D eigenvalue weighted by Gasteiger charge is -2.36. The molecule has 3 fully saturated rings. The minimum absolute atomic E-state index is 0.00980. The number of likely N-dealkylation sites (tertiary alicyclic amines) is 1. The first-order valence-electron chi connectivity index (χ1n) is 20.2. The third kappa shape index (κ3) is 9.19. The number of nitrogens with one attached hydrogen (secondary N) is 3. The number of fused-ring (bicyclic) bond motifs is 1. The molecule has 1 aliphatic heterocycles. The minimum Gasteiger partial charge on any atom is -0.497 e. The Hall–Kier alpha value is -5.18. The maximum Gasteiger partial charge on any atom is 0.408 e. The second-order valence-electron chi connectivity index (χ2n) is 18.1. The van der Waals surface area contributed by atoms with E-state index in [2.05, 4.69) is 21.9 Å². The van der Waals surface area contributed by atoms with Crippen LogP contribution >= 0.6 is 0 Å². The molecule has 2 aliphatic carbocycles. The molecule has 3 N–H and O–H groups in total. The molecule has 0 radical (unpaired) electrons. The Balaban J connectivity index is 1.34. The van der Waals surface area contributed by atoms with Gasteiger partial charge in [-0.3, -0.25) is 19.1 Å². The Morgan fingerprint density at radius 3 is 2.31 bits per heavy atom. The van der Waals surface area contributed by atoms with Gasteiger partial charge in [-0.05, 0) is 64.0 Å². The maximum absolute atomic E-state index is 14.8. The van der Waals surface area contributed by atoms with Crippen molar-refractivity contribution < 1.29 is 41.8 Å². The SMILES string of the molecule is C=C[C@@H]1C[C@]1(NC(=O)[C@@H]1C[C@@H](Oc2cc(-c3ccccc3)nc3cc(OC)ccc23)CN1C(=O)[C@@H](NC(=O)OC(C)(C)C)C(C)(C)C)C(=O)NS(=O)(=O)C1(CCC)CC1. The predicted molar refractivity (Wildman–Crippen MR) is 224 cm³/mol. The predicted octanol–water partition coefficient (Wildman–Crippen LogP) is 6.04. The van der Waals surface area contributed by atoms with Gasteiger partial charge in [-0.1, -0.05) is 70.5 Å². The number of hydrogen-bond donors (Lipinski definition) is 3. The molecule has 2 aromatic carbocycles. The third-order valence-electron chi connectivity index (χ3n) is 11.3.